The van der Waals surface area contributed by atoms with Crippen LogP contribution in [-0.4, -0.2) is 4.57 Å². The minimum atomic E-state index is 0.776. The second-order valence-electron chi connectivity index (χ2n) is 4.37. The van der Waals surface area contributed by atoms with Crippen molar-refractivity contribution in [2.24, 2.45) is 0 Å². The number of hydrogen-bond acceptors (Lipinski definition) is 1. The molecule has 18 heavy (non-hydrogen) atoms. The fraction of sp³-hybridized carbons (Fsp3) is 0.0667. The Morgan fingerprint density at radius 2 is 1.89 bits per heavy atom. The molecule has 0 aliphatic carbocycles. The predicted molar refractivity (Wildman–Crippen MR) is 76.9 cm³/mol. The van der Waals surface area contributed by atoms with Gasteiger partial charge in [-0.05, 0) is 23.8 Å². The fourth-order valence-electron chi connectivity index (χ4n) is 2.22. The van der Waals surface area contributed by atoms with Gasteiger partial charge in [0.25, 0.3) is 0 Å². The Hall–Kier alpha value is -1.93. The molecule has 0 unspecified atom stereocenters. The van der Waals surface area contributed by atoms with Crippen molar-refractivity contribution in [3.63, 3.8) is 0 Å². The van der Waals surface area contributed by atoms with Gasteiger partial charge in [0.1, 0.15) is 0 Å². The summed E-state index contributed by atoms with van der Waals surface area (Å²) in [6.45, 7) is 0.776. The first kappa shape index (κ1) is 11.2. The molecule has 2 nitrogen and oxygen atoms in total. The molecular weight excluding hydrogens is 244 g/mol. The van der Waals surface area contributed by atoms with Crippen LogP contribution in [0, 0.1) is 0 Å². The highest BCUT2D eigenvalue weighted by Crippen LogP contribution is 2.26. The van der Waals surface area contributed by atoms with Crippen molar-refractivity contribution < 1.29 is 0 Å². The summed E-state index contributed by atoms with van der Waals surface area (Å²) in [5.74, 6) is 0. The van der Waals surface area contributed by atoms with Crippen LogP contribution in [0.15, 0.2) is 54.7 Å². The van der Waals surface area contributed by atoms with Crippen LogP contribution in [0.25, 0.3) is 10.9 Å². The number of aromatic nitrogens is 1. The number of rotatable bonds is 2. The van der Waals surface area contributed by atoms with Crippen LogP contribution in [0.1, 0.15) is 5.56 Å². The van der Waals surface area contributed by atoms with Gasteiger partial charge in [-0.3, -0.25) is 0 Å². The Morgan fingerprint density at radius 3 is 2.72 bits per heavy atom. The lowest BCUT2D eigenvalue weighted by Crippen LogP contribution is -1.98. The third-order valence-corrected chi connectivity index (χ3v) is 3.35. The summed E-state index contributed by atoms with van der Waals surface area (Å²) in [6, 6.07) is 16.1. The Labute approximate surface area is 111 Å². The summed E-state index contributed by atoms with van der Waals surface area (Å²) in [5, 5.41) is 1.87. The van der Waals surface area contributed by atoms with Crippen molar-refractivity contribution in [2.45, 2.75) is 6.54 Å². The average molecular weight is 257 g/mol. The SMILES string of the molecule is Nc1cccc(Cn2cc(Cl)c3ccccc32)c1. The maximum atomic E-state index is 6.23. The Balaban J connectivity index is 2.05. The van der Waals surface area contributed by atoms with Gasteiger partial charge in [-0.15, -0.1) is 0 Å². The summed E-state index contributed by atoms with van der Waals surface area (Å²) < 4.78 is 2.15. The summed E-state index contributed by atoms with van der Waals surface area (Å²) in [4.78, 5) is 0. The number of anilines is 1. The number of benzene rings is 2. The van der Waals surface area contributed by atoms with E-state index in [0.717, 1.165) is 28.2 Å². The maximum Gasteiger partial charge on any atom is 0.0661 e. The molecule has 3 rings (SSSR count). The maximum absolute atomic E-state index is 6.23. The molecule has 90 valence electrons. The molecular formula is C15H13ClN2. The lowest BCUT2D eigenvalue weighted by atomic mass is 10.2. The van der Waals surface area contributed by atoms with Crippen molar-refractivity contribution in [1.82, 2.24) is 4.57 Å². The monoisotopic (exact) mass is 256 g/mol. The van der Waals surface area contributed by atoms with Crippen LogP contribution < -0.4 is 5.73 Å². The van der Waals surface area contributed by atoms with Crippen LogP contribution in [0.3, 0.4) is 0 Å². The summed E-state index contributed by atoms with van der Waals surface area (Å²) in [6.07, 6.45) is 1.97. The number of hydrogen-bond donors (Lipinski definition) is 1. The van der Waals surface area contributed by atoms with Gasteiger partial charge in [-0.1, -0.05) is 41.9 Å². The van der Waals surface area contributed by atoms with Gasteiger partial charge in [0.15, 0.2) is 0 Å². The van der Waals surface area contributed by atoms with Crippen LogP contribution in [0.2, 0.25) is 5.02 Å². The summed E-state index contributed by atoms with van der Waals surface area (Å²) >= 11 is 6.23. The topological polar surface area (TPSA) is 30.9 Å². The van der Waals surface area contributed by atoms with Gasteiger partial charge in [0.2, 0.25) is 0 Å². The Bertz CT molecular complexity index is 701. The second-order valence-corrected chi connectivity index (χ2v) is 4.77. The molecule has 2 N–H and O–H groups in total. The summed E-state index contributed by atoms with van der Waals surface area (Å²) in [5.41, 5.74) is 8.90. The average Bonchev–Trinajstić information content (AvgIpc) is 2.67. The van der Waals surface area contributed by atoms with Crippen molar-refractivity contribution >= 4 is 28.2 Å². The molecule has 0 fully saturated rings. The predicted octanol–water partition coefficient (Wildman–Crippen LogP) is 3.93. The zero-order chi connectivity index (χ0) is 12.5. The van der Waals surface area contributed by atoms with E-state index in [1.54, 1.807) is 0 Å². The molecule has 3 aromatic rings. The van der Waals surface area contributed by atoms with Crippen LogP contribution in [0.4, 0.5) is 5.69 Å². The number of nitrogens with two attached hydrogens (primary N) is 1. The third kappa shape index (κ3) is 1.95. The van der Waals surface area contributed by atoms with E-state index in [1.807, 2.05) is 42.6 Å². The van der Waals surface area contributed by atoms with Gasteiger partial charge >= 0.3 is 0 Å². The number of para-hydroxylation sites is 1. The van der Waals surface area contributed by atoms with E-state index < -0.39 is 0 Å². The number of fused-ring (bicyclic) bond motifs is 1. The summed E-state index contributed by atoms with van der Waals surface area (Å²) in [7, 11) is 0. The lowest BCUT2D eigenvalue weighted by molar-refractivity contribution is 0.837. The van der Waals surface area contributed by atoms with Gasteiger partial charge in [-0.2, -0.15) is 0 Å². The highest BCUT2D eigenvalue weighted by atomic mass is 35.5. The number of nitrogen functional groups attached to an aromatic ring is 1. The Morgan fingerprint density at radius 1 is 1.06 bits per heavy atom. The van der Waals surface area contributed by atoms with E-state index in [0.29, 0.717) is 0 Å². The number of halogens is 1. The molecule has 0 aliphatic rings. The first-order chi connectivity index (χ1) is 8.74. The molecule has 0 saturated heterocycles. The van der Waals surface area contributed by atoms with Gasteiger partial charge in [-0.25, -0.2) is 0 Å². The van der Waals surface area contributed by atoms with E-state index in [4.69, 9.17) is 17.3 Å². The molecule has 0 atom stereocenters. The first-order valence-electron chi connectivity index (χ1n) is 5.82. The molecule has 1 heterocycles. The second kappa shape index (κ2) is 4.39. The van der Waals surface area contributed by atoms with Crippen molar-refractivity contribution in [2.75, 3.05) is 5.73 Å². The molecule has 0 saturated carbocycles. The minimum absolute atomic E-state index is 0.776. The van der Waals surface area contributed by atoms with Gasteiger partial charge in [0, 0.05) is 29.3 Å². The lowest BCUT2D eigenvalue weighted by Gasteiger charge is -2.06. The zero-order valence-electron chi connectivity index (χ0n) is 9.81. The smallest absolute Gasteiger partial charge is 0.0661 e. The van der Waals surface area contributed by atoms with Crippen molar-refractivity contribution in [3.8, 4) is 0 Å². The standard InChI is InChI=1S/C15H13ClN2/c16-14-10-18(15-7-2-1-6-13(14)15)9-11-4-3-5-12(17)8-11/h1-8,10H,9,17H2. The molecule has 3 heteroatoms. The van der Waals surface area contributed by atoms with Gasteiger partial charge < -0.3 is 10.3 Å². The molecule has 0 bridgehead atoms. The molecule has 1 aromatic heterocycles. The van der Waals surface area contributed by atoms with Crippen LogP contribution in [0.5, 0.6) is 0 Å². The normalized spacial score (nSPS) is 10.9. The molecule has 2 aromatic carbocycles. The van der Waals surface area contributed by atoms with Crippen LogP contribution in [-0.2, 0) is 6.54 Å². The fourth-order valence-corrected chi connectivity index (χ4v) is 2.50. The third-order valence-electron chi connectivity index (χ3n) is 3.04. The van der Waals surface area contributed by atoms with Crippen molar-refractivity contribution in [3.05, 3.63) is 65.3 Å². The highest BCUT2D eigenvalue weighted by molar-refractivity contribution is 6.35. The Kier molecular flexibility index (Phi) is 2.73. The van der Waals surface area contributed by atoms with E-state index in [-0.39, 0.29) is 0 Å². The quantitative estimate of drug-likeness (QED) is 0.692. The number of nitrogens with zero attached hydrogens (tertiary/aromatic N) is 1. The first-order valence-corrected chi connectivity index (χ1v) is 6.19. The minimum Gasteiger partial charge on any atom is -0.399 e. The van der Waals surface area contributed by atoms with E-state index in [1.165, 1.54) is 5.56 Å². The van der Waals surface area contributed by atoms with E-state index in [2.05, 4.69) is 16.7 Å². The van der Waals surface area contributed by atoms with Crippen LogP contribution >= 0.6 is 11.6 Å². The molecule has 0 spiro atoms. The molecule has 0 radical (unpaired) electrons. The molecule has 0 aliphatic heterocycles. The van der Waals surface area contributed by atoms with Crippen molar-refractivity contribution in [1.29, 1.82) is 0 Å². The molecule has 0 amide bonds. The van der Waals surface area contributed by atoms with Gasteiger partial charge in [0.05, 0.1) is 5.02 Å². The highest BCUT2D eigenvalue weighted by Gasteiger charge is 2.06. The van der Waals surface area contributed by atoms with E-state index in [9.17, 15) is 0 Å². The van der Waals surface area contributed by atoms with E-state index >= 15 is 0 Å². The zero-order valence-corrected chi connectivity index (χ0v) is 10.6. The largest absolute Gasteiger partial charge is 0.399 e.